The number of ether oxygens (including phenoxy) is 1. The first-order valence-electron chi connectivity index (χ1n) is 21.2. The fourth-order valence-corrected chi connectivity index (χ4v) is 9.71. The molecule has 0 unspecified atom stereocenters. The molecule has 1 aliphatic heterocycles. The SMILES string of the molecule is [B]c1cc(N)c([B])c([B])c1-c1ccc(-c2cc(OC)c(-c3ccc4c5c(=C)n(c4c3)-c3ccccc3C(c3c([B])c([B])c([B])c([B])c3C)=CC=5)cc2CC)c(C)c1-c1ccccc1C. The molecule has 1 aliphatic rings. The molecule has 0 spiro atoms. The van der Waals surface area contributed by atoms with Gasteiger partial charge in [-0.2, -0.15) is 0 Å². The molecule has 1 aromatic heterocycles. The maximum absolute atomic E-state index is 6.73. The Bertz CT molecular complexity index is 3430. The molecule has 10 heteroatoms. The molecule has 7 aromatic carbocycles. The maximum Gasteiger partial charge on any atom is 0.127 e. The third-order valence-corrected chi connectivity index (χ3v) is 13.2. The zero-order valence-corrected chi connectivity index (χ0v) is 36.8. The number of allylic oxidation sites excluding steroid dienone is 1. The minimum atomic E-state index is 0.274. The maximum atomic E-state index is 6.73. The number of para-hydroxylation sites is 1. The summed E-state index contributed by atoms with van der Waals surface area (Å²) >= 11 is 0. The fraction of sp³-hybridized carbons (Fsp3) is 0.111. The van der Waals surface area contributed by atoms with E-state index in [9.17, 15) is 0 Å². The van der Waals surface area contributed by atoms with E-state index in [-0.39, 0.29) is 5.46 Å². The van der Waals surface area contributed by atoms with E-state index in [0.29, 0.717) is 44.0 Å². The van der Waals surface area contributed by atoms with Crippen LogP contribution in [0.3, 0.4) is 0 Å². The van der Waals surface area contributed by atoms with Crippen molar-refractivity contribution in [2.24, 2.45) is 0 Å². The Morgan fingerprint density at radius 1 is 0.594 bits per heavy atom. The number of anilines is 1. The molecule has 292 valence electrons. The second kappa shape index (κ2) is 16.3. The Morgan fingerprint density at radius 3 is 1.98 bits per heavy atom. The number of rotatable bonds is 7. The van der Waals surface area contributed by atoms with Gasteiger partial charge in [-0.25, -0.2) is 0 Å². The number of methoxy groups -OCH3 is 1. The van der Waals surface area contributed by atoms with Gasteiger partial charge in [0.2, 0.25) is 0 Å². The summed E-state index contributed by atoms with van der Waals surface area (Å²) in [5, 5.41) is 2.91. The normalized spacial score (nSPS) is 12.0. The van der Waals surface area contributed by atoms with E-state index in [1.54, 1.807) is 13.2 Å². The molecule has 0 saturated carbocycles. The van der Waals surface area contributed by atoms with Gasteiger partial charge in [0.25, 0.3) is 0 Å². The molecule has 0 fully saturated rings. The molecule has 9 rings (SSSR count). The van der Waals surface area contributed by atoms with Gasteiger partial charge in [0.1, 0.15) is 60.7 Å². The second-order valence-electron chi connectivity index (χ2n) is 16.6. The highest BCUT2D eigenvalue weighted by Crippen LogP contribution is 2.44. The molecule has 0 atom stereocenters. The molecule has 14 radical (unpaired) electrons. The minimum Gasteiger partial charge on any atom is -0.496 e. The lowest BCUT2D eigenvalue weighted by atomic mass is 9.62. The van der Waals surface area contributed by atoms with Crippen LogP contribution in [0.1, 0.15) is 40.3 Å². The predicted octanol–water partition coefficient (Wildman–Crippen LogP) is 3.57. The van der Waals surface area contributed by atoms with E-state index in [4.69, 9.17) is 65.4 Å². The van der Waals surface area contributed by atoms with E-state index in [1.807, 2.05) is 31.2 Å². The molecular formula is C54H39B7N2O. The Labute approximate surface area is 385 Å². The van der Waals surface area contributed by atoms with Crippen LogP contribution in [-0.4, -0.2) is 66.6 Å². The van der Waals surface area contributed by atoms with Crippen LogP contribution in [0.2, 0.25) is 0 Å². The molecule has 2 bridgehead atoms. The number of fused-ring (bicyclic) bond motifs is 7. The molecule has 64 heavy (non-hydrogen) atoms. The highest BCUT2D eigenvalue weighted by atomic mass is 16.5. The largest absolute Gasteiger partial charge is 0.496 e. The van der Waals surface area contributed by atoms with E-state index >= 15 is 0 Å². The number of hydrogen-bond donors (Lipinski definition) is 1. The smallest absolute Gasteiger partial charge is 0.127 e. The average molecular weight is 808 g/mol. The Morgan fingerprint density at radius 2 is 1.27 bits per heavy atom. The lowest BCUT2D eigenvalue weighted by Gasteiger charge is -2.24. The van der Waals surface area contributed by atoms with E-state index < -0.39 is 0 Å². The van der Waals surface area contributed by atoms with E-state index in [1.165, 1.54) is 0 Å². The fourth-order valence-electron chi connectivity index (χ4n) is 9.71. The van der Waals surface area contributed by atoms with Gasteiger partial charge < -0.3 is 15.0 Å². The molecule has 0 amide bonds. The van der Waals surface area contributed by atoms with Crippen molar-refractivity contribution in [1.82, 2.24) is 4.57 Å². The molecule has 8 aromatic rings. The molecule has 2 heterocycles. The summed E-state index contributed by atoms with van der Waals surface area (Å²) < 4.78 is 8.49. The van der Waals surface area contributed by atoms with Crippen LogP contribution < -0.4 is 59.3 Å². The van der Waals surface area contributed by atoms with Crippen molar-refractivity contribution in [3.63, 3.8) is 0 Å². The average Bonchev–Trinajstić information content (AvgIpc) is 3.59. The summed E-state index contributed by atoms with van der Waals surface area (Å²) in [4.78, 5) is 0. The third kappa shape index (κ3) is 6.59. The monoisotopic (exact) mass is 808 g/mol. The summed E-state index contributed by atoms with van der Waals surface area (Å²) in [6.45, 7) is 13.0. The summed E-state index contributed by atoms with van der Waals surface area (Å²) in [6, 6.07) is 33.4. The van der Waals surface area contributed by atoms with Crippen molar-refractivity contribution in [1.29, 1.82) is 0 Å². The number of aryl methyl sites for hydroxylation is 2. The Balaban J connectivity index is 1.23. The first-order valence-corrected chi connectivity index (χ1v) is 21.2. The van der Waals surface area contributed by atoms with Crippen LogP contribution >= 0.6 is 0 Å². The molecule has 2 N–H and O–H groups in total. The van der Waals surface area contributed by atoms with Crippen molar-refractivity contribution >= 4 is 128 Å². The van der Waals surface area contributed by atoms with Gasteiger partial charge in [-0.1, -0.05) is 120 Å². The number of hydrogen-bond acceptors (Lipinski definition) is 2. The van der Waals surface area contributed by atoms with E-state index in [0.717, 1.165) is 117 Å². The number of nitrogen functional groups attached to an aromatic ring is 1. The van der Waals surface area contributed by atoms with Crippen molar-refractivity contribution < 1.29 is 4.74 Å². The van der Waals surface area contributed by atoms with E-state index in [2.05, 4.69) is 111 Å². The van der Waals surface area contributed by atoms with Crippen molar-refractivity contribution in [2.45, 2.75) is 34.1 Å². The van der Waals surface area contributed by atoms with Crippen molar-refractivity contribution in [3.05, 3.63) is 147 Å². The van der Waals surface area contributed by atoms with Gasteiger partial charge in [0, 0.05) is 32.8 Å². The highest BCUT2D eigenvalue weighted by molar-refractivity contribution is 6.63. The zero-order chi connectivity index (χ0) is 45.5. The number of benzene rings is 7. The number of nitrogens with two attached hydrogens (primary N) is 1. The summed E-state index contributed by atoms with van der Waals surface area (Å²) in [6.07, 6.45) is 4.95. The zero-order valence-electron chi connectivity index (χ0n) is 36.8. The van der Waals surface area contributed by atoms with Crippen molar-refractivity contribution in [3.8, 4) is 55.9 Å². The van der Waals surface area contributed by atoms with Crippen LogP contribution in [0, 0.1) is 20.8 Å². The van der Waals surface area contributed by atoms with Gasteiger partial charge in [0.05, 0.1) is 18.3 Å². The highest BCUT2D eigenvalue weighted by Gasteiger charge is 2.24. The van der Waals surface area contributed by atoms with Gasteiger partial charge >= 0.3 is 0 Å². The Kier molecular flexibility index (Phi) is 10.9. The van der Waals surface area contributed by atoms with Crippen LogP contribution in [0.25, 0.3) is 79.3 Å². The quantitative estimate of drug-likeness (QED) is 0.198. The molecule has 0 aliphatic carbocycles. The second-order valence-corrected chi connectivity index (χ2v) is 16.6. The topological polar surface area (TPSA) is 40.2 Å². The standard InChI is InChI=1S/C54H39B7N2O/c1-7-30-22-40(45(64-6)24-39(30)33-18-21-38(48-41(55)25-42(62)50(57)52(48)59)46(27(33)3)32-13-9-8-12-26(32)2)31-16-17-36-34-19-20-37(47-28(4)49(56)53(60)54(61)51(47)58)35-14-10-11-15-43(35)63(29(34)5)44(36)23-31/h8-25H,5,7,62H2,1-4,6H3. The first-order chi connectivity index (χ1) is 30.7. The van der Waals surface area contributed by atoms with Crippen LogP contribution in [0.5, 0.6) is 5.75 Å². The van der Waals surface area contributed by atoms with Gasteiger partial charge in [0.15, 0.2) is 0 Å². The minimum absolute atomic E-state index is 0.274. The Hall–Kier alpha value is -6.39. The first kappa shape index (κ1) is 42.9. The lowest BCUT2D eigenvalue weighted by molar-refractivity contribution is 0.416. The van der Waals surface area contributed by atoms with Crippen molar-refractivity contribution in [2.75, 3.05) is 12.8 Å². The molecule has 3 nitrogen and oxygen atoms in total. The van der Waals surface area contributed by atoms with Gasteiger partial charge in [-0.15, -0.1) is 16.4 Å². The lowest BCUT2D eigenvalue weighted by Crippen LogP contribution is -2.50. The molecule has 0 saturated heterocycles. The summed E-state index contributed by atoms with van der Waals surface area (Å²) in [7, 11) is 47.4. The number of nitrogens with zero attached hydrogens (tertiary/aromatic N) is 1. The summed E-state index contributed by atoms with van der Waals surface area (Å²) in [5.74, 6) is 0.741. The van der Waals surface area contributed by atoms with Crippen LogP contribution in [0.4, 0.5) is 5.69 Å². The van der Waals surface area contributed by atoms with Crippen LogP contribution in [0.15, 0.2) is 103 Å². The van der Waals surface area contributed by atoms with Crippen LogP contribution in [-0.2, 0) is 6.42 Å². The third-order valence-electron chi connectivity index (χ3n) is 13.2. The van der Waals surface area contributed by atoms with Gasteiger partial charge in [-0.3, -0.25) is 0 Å². The van der Waals surface area contributed by atoms with Gasteiger partial charge in [-0.05, 0) is 124 Å². The predicted molar refractivity (Wildman–Crippen MR) is 280 cm³/mol. The number of aromatic nitrogens is 1. The molecular weight excluding hydrogens is 768 g/mol. The summed E-state index contributed by atoms with van der Waals surface area (Å²) in [5.41, 5.74) is 25.4.